The summed E-state index contributed by atoms with van der Waals surface area (Å²) in [5.74, 6) is 0.158. The van der Waals surface area contributed by atoms with Crippen LogP contribution < -0.4 is 14.8 Å². The summed E-state index contributed by atoms with van der Waals surface area (Å²) < 4.78 is 33.9. The van der Waals surface area contributed by atoms with Crippen molar-refractivity contribution >= 4 is 38.9 Å². The number of rotatable bonds is 7. The van der Waals surface area contributed by atoms with Crippen molar-refractivity contribution in [2.24, 2.45) is 0 Å². The number of benzene rings is 3. The number of carbonyl (C=O) groups excluding carboxylic acids is 1. The van der Waals surface area contributed by atoms with Crippen LogP contribution in [0.25, 0.3) is 0 Å². The molecule has 0 saturated carbocycles. The number of sulfonamides is 1. The van der Waals surface area contributed by atoms with Gasteiger partial charge in [-0.05, 0) is 62.7 Å². The van der Waals surface area contributed by atoms with Gasteiger partial charge in [0.25, 0.3) is 15.9 Å². The molecule has 0 aliphatic carbocycles. The second kappa shape index (κ2) is 9.41. The molecule has 162 valence electrons. The molecule has 2 N–H and O–H groups in total. The number of hydrogen-bond donors (Lipinski definition) is 2. The minimum Gasteiger partial charge on any atom is -0.494 e. The summed E-state index contributed by atoms with van der Waals surface area (Å²) >= 11 is 6.16. The van der Waals surface area contributed by atoms with Crippen LogP contribution in [-0.4, -0.2) is 20.9 Å². The van der Waals surface area contributed by atoms with Gasteiger partial charge in [-0.15, -0.1) is 0 Å². The van der Waals surface area contributed by atoms with Crippen LogP contribution in [0.15, 0.2) is 65.6 Å². The third-order valence-corrected chi connectivity index (χ3v) is 6.36. The molecule has 0 unspecified atom stereocenters. The average molecular weight is 459 g/mol. The van der Waals surface area contributed by atoms with Crippen molar-refractivity contribution in [3.05, 3.63) is 82.4 Å². The number of carbonyl (C=O) groups is 1. The van der Waals surface area contributed by atoms with Gasteiger partial charge in [0.1, 0.15) is 10.6 Å². The Morgan fingerprint density at radius 3 is 2.52 bits per heavy atom. The zero-order valence-corrected chi connectivity index (χ0v) is 19.0. The lowest BCUT2D eigenvalue weighted by molar-refractivity contribution is 0.102. The molecule has 3 aromatic carbocycles. The summed E-state index contributed by atoms with van der Waals surface area (Å²) in [5.41, 5.74) is 2.94. The third-order valence-electron chi connectivity index (χ3n) is 4.51. The molecule has 0 atom stereocenters. The fourth-order valence-electron chi connectivity index (χ4n) is 3.01. The topological polar surface area (TPSA) is 84.5 Å². The summed E-state index contributed by atoms with van der Waals surface area (Å²) in [5, 5.41) is 2.76. The molecule has 6 nitrogen and oxygen atoms in total. The lowest BCUT2D eigenvalue weighted by Gasteiger charge is -2.13. The third kappa shape index (κ3) is 5.57. The second-order valence-corrected chi connectivity index (χ2v) is 9.04. The number of anilines is 2. The number of ether oxygens (including phenoxy) is 1. The van der Waals surface area contributed by atoms with Gasteiger partial charge in [-0.25, -0.2) is 8.42 Å². The normalized spacial score (nSPS) is 11.1. The molecule has 1 amide bonds. The minimum absolute atomic E-state index is 0.0205. The van der Waals surface area contributed by atoms with Crippen LogP contribution in [0.3, 0.4) is 0 Å². The minimum atomic E-state index is -4.00. The highest BCUT2D eigenvalue weighted by Crippen LogP contribution is 2.27. The average Bonchev–Trinajstić information content (AvgIpc) is 2.71. The number of aryl methyl sites for hydroxylation is 2. The largest absolute Gasteiger partial charge is 0.494 e. The summed E-state index contributed by atoms with van der Waals surface area (Å²) in [6.07, 6.45) is 0. The Labute approximate surface area is 187 Å². The molecule has 0 aromatic heterocycles. The van der Waals surface area contributed by atoms with E-state index in [1.165, 1.54) is 18.2 Å². The van der Waals surface area contributed by atoms with E-state index in [1.54, 1.807) is 30.3 Å². The van der Waals surface area contributed by atoms with Gasteiger partial charge in [0.2, 0.25) is 0 Å². The molecular weight excluding hydrogens is 436 g/mol. The van der Waals surface area contributed by atoms with Crippen molar-refractivity contribution in [3.63, 3.8) is 0 Å². The first kappa shape index (κ1) is 22.7. The highest BCUT2D eigenvalue weighted by atomic mass is 35.5. The molecular formula is C23H23ClN2O4S. The Hall–Kier alpha value is -3.03. The molecule has 0 saturated heterocycles. The van der Waals surface area contributed by atoms with Crippen molar-refractivity contribution in [1.82, 2.24) is 0 Å². The summed E-state index contributed by atoms with van der Waals surface area (Å²) in [7, 11) is -4.00. The number of amides is 1. The van der Waals surface area contributed by atoms with Gasteiger partial charge in [0.05, 0.1) is 17.3 Å². The van der Waals surface area contributed by atoms with Crippen LogP contribution in [0, 0.1) is 13.8 Å². The van der Waals surface area contributed by atoms with Crippen molar-refractivity contribution < 1.29 is 17.9 Å². The Morgan fingerprint density at radius 2 is 1.81 bits per heavy atom. The van der Waals surface area contributed by atoms with Crippen LogP contribution in [-0.2, 0) is 10.0 Å². The lowest BCUT2D eigenvalue weighted by atomic mass is 10.1. The SMILES string of the molecule is CCOc1cccc(NC(=O)c2ccc(Cl)c(S(=O)(=O)Nc3ccc(C)cc3C)c2)c1. The molecule has 3 rings (SSSR count). The van der Waals surface area contributed by atoms with Gasteiger partial charge in [-0.2, -0.15) is 0 Å². The van der Waals surface area contributed by atoms with Gasteiger partial charge in [0.15, 0.2) is 0 Å². The van der Waals surface area contributed by atoms with E-state index >= 15 is 0 Å². The molecule has 0 fully saturated rings. The maximum atomic E-state index is 13.0. The van der Waals surface area contributed by atoms with Gasteiger partial charge < -0.3 is 10.1 Å². The predicted octanol–water partition coefficient (Wildman–Crippen LogP) is 5.41. The number of hydrogen-bond acceptors (Lipinski definition) is 4. The Morgan fingerprint density at radius 1 is 1.03 bits per heavy atom. The Kier molecular flexibility index (Phi) is 6.87. The van der Waals surface area contributed by atoms with E-state index in [0.717, 1.165) is 11.1 Å². The van der Waals surface area contributed by atoms with E-state index in [4.69, 9.17) is 16.3 Å². The maximum Gasteiger partial charge on any atom is 0.263 e. The molecule has 0 bridgehead atoms. The van der Waals surface area contributed by atoms with Gasteiger partial charge in [-0.1, -0.05) is 35.4 Å². The van der Waals surface area contributed by atoms with Crippen molar-refractivity contribution in [2.45, 2.75) is 25.7 Å². The molecule has 0 aliphatic heterocycles. The predicted molar refractivity (Wildman–Crippen MR) is 124 cm³/mol. The van der Waals surface area contributed by atoms with Crippen molar-refractivity contribution in [2.75, 3.05) is 16.6 Å². The van der Waals surface area contributed by atoms with Crippen LogP contribution in [0.1, 0.15) is 28.4 Å². The molecule has 31 heavy (non-hydrogen) atoms. The van der Waals surface area contributed by atoms with Crippen LogP contribution in [0.5, 0.6) is 5.75 Å². The maximum absolute atomic E-state index is 13.0. The molecule has 0 heterocycles. The molecule has 0 radical (unpaired) electrons. The van der Waals surface area contributed by atoms with E-state index in [1.807, 2.05) is 32.9 Å². The van der Waals surface area contributed by atoms with Gasteiger partial charge >= 0.3 is 0 Å². The standard InChI is InChI=1S/C23H23ClN2O4S/c1-4-30-19-7-5-6-18(14-19)25-23(27)17-9-10-20(24)22(13-17)31(28,29)26-21-11-8-15(2)12-16(21)3/h5-14,26H,4H2,1-3H3,(H,25,27). The highest BCUT2D eigenvalue weighted by molar-refractivity contribution is 7.92. The van der Waals surface area contributed by atoms with E-state index in [0.29, 0.717) is 23.7 Å². The molecule has 3 aromatic rings. The fraction of sp³-hybridized carbons (Fsp3) is 0.174. The van der Waals surface area contributed by atoms with E-state index in [2.05, 4.69) is 10.0 Å². The quantitative estimate of drug-likeness (QED) is 0.495. The van der Waals surface area contributed by atoms with E-state index < -0.39 is 15.9 Å². The monoisotopic (exact) mass is 458 g/mol. The first-order chi connectivity index (χ1) is 14.7. The van der Waals surface area contributed by atoms with Crippen LogP contribution in [0.4, 0.5) is 11.4 Å². The lowest BCUT2D eigenvalue weighted by Crippen LogP contribution is -2.17. The summed E-state index contributed by atoms with van der Waals surface area (Å²) in [6, 6.07) is 16.5. The zero-order valence-electron chi connectivity index (χ0n) is 17.4. The fourth-order valence-corrected chi connectivity index (χ4v) is 4.67. The number of halogens is 1. The van der Waals surface area contributed by atoms with Crippen LogP contribution in [0.2, 0.25) is 5.02 Å². The van der Waals surface area contributed by atoms with E-state index in [9.17, 15) is 13.2 Å². The highest BCUT2D eigenvalue weighted by Gasteiger charge is 2.21. The number of nitrogens with one attached hydrogen (secondary N) is 2. The zero-order chi connectivity index (χ0) is 22.6. The summed E-state index contributed by atoms with van der Waals surface area (Å²) in [4.78, 5) is 12.5. The molecule has 0 spiro atoms. The molecule has 0 aliphatic rings. The first-order valence-corrected chi connectivity index (χ1v) is 11.5. The van der Waals surface area contributed by atoms with Gasteiger partial charge in [-0.3, -0.25) is 9.52 Å². The van der Waals surface area contributed by atoms with Crippen molar-refractivity contribution in [1.29, 1.82) is 0 Å². The first-order valence-electron chi connectivity index (χ1n) is 9.63. The second-order valence-electron chi connectivity index (χ2n) is 6.98. The van der Waals surface area contributed by atoms with Crippen LogP contribution >= 0.6 is 11.6 Å². The van der Waals surface area contributed by atoms with Gasteiger partial charge in [0, 0.05) is 17.3 Å². The Balaban J connectivity index is 1.86. The summed E-state index contributed by atoms with van der Waals surface area (Å²) in [6.45, 7) is 6.11. The Bertz CT molecular complexity index is 1230. The smallest absolute Gasteiger partial charge is 0.263 e. The van der Waals surface area contributed by atoms with Crippen molar-refractivity contribution in [3.8, 4) is 5.75 Å². The van der Waals surface area contributed by atoms with E-state index in [-0.39, 0.29) is 15.5 Å². The molecule has 8 heteroatoms.